The van der Waals surface area contributed by atoms with Crippen LogP contribution in [0, 0.1) is 0 Å². The van der Waals surface area contributed by atoms with Crippen molar-refractivity contribution in [1.29, 1.82) is 0 Å². The number of hydrogen-bond acceptors (Lipinski definition) is 5. The summed E-state index contributed by atoms with van der Waals surface area (Å²) < 4.78 is 9.98. The summed E-state index contributed by atoms with van der Waals surface area (Å²) in [5.74, 6) is -1.28. The summed E-state index contributed by atoms with van der Waals surface area (Å²) in [5.41, 5.74) is 0.844. The van der Waals surface area contributed by atoms with Gasteiger partial charge in [-0.3, -0.25) is 0 Å². The van der Waals surface area contributed by atoms with Crippen LogP contribution in [-0.2, 0) is 19.1 Å². The van der Waals surface area contributed by atoms with Crippen LogP contribution in [0.1, 0.15) is 12.5 Å². The fourth-order valence-electron chi connectivity index (χ4n) is 2.08. The van der Waals surface area contributed by atoms with E-state index in [4.69, 9.17) is 32.7 Å². The van der Waals surface area contributed by atoms with Crippen LogP contribution in [0.5, 0.6) is 0 Å². The molecule has 0 unspecified atom stereocenters. The van der Waals surface area contributed by atoms with Gasteiger partial charge in [-0.05, 0) is 25.1 Å². The Morgan fingerprint density at radius 3 is 2.58 bits per heavy atom. The van der Waals surface area contributed by atoms with Crippen LogP contribution in [0.3, 0.4) is 0 Å². The highest BCUT2D eigenvalue weighted by Gasteiger charge is 2.24. The highest BCUT2D eigenvalue weighted by molar-refractivity contribution is 6.37. The summed E-state index contributed by atoms with van der Waals surface area (Å²) in [6.45, 7) is 1.55. The van der Waals surface area contributed by atoms with Crippen molar-refractivity contribution in [3.63, 3.8) is 0 Å². The van der Waals surface area contributed by atoms with Crippen LogP contribution in [0.2, 0.25) is 10.0 Å². The summed E-state index contributed by atoms with van der Waals surface area (Å²) >= 11 is 12.0. The minimum Gasteiger partial charge on any atom is -0.463 e. The SMILES string of the molecule is CCOC(=O)C1=C(COC(=O)/C=C/c2c(Cl)cccc2Cl)NC(=O)NC1. The van der Waals surface area contributed by atoms with Crippen molar-refractivity contribution in [2.24, 2.45) is 0 Å². The van der Waals surface area contributed by atoms with E-state index >= 15 is 0 Å². The van der Waals surface area contributed by atoms with E-state index < -0.39 is 18.0 Å². The molecule has 1 heterocycles. The van der Waals surface area contributed by atoms with Crippen LogP contribution < -0.4 is 10.6 Å². The number of halogens is 2. The molecule has 0 radical (unpaired) electrons. The summed E-state index contributed by atoms with van der Waals surface area (Å²) in [6.07, 6.45) is 2.58. The van der Waals surface area contributed by atoms with E-state index in [-0.39, 0.29) is 31.0 Å². The third-order valence-corrected chi connectivity index (χ3v) is 3.98. The number of ether oxygens (including phenoxy) is 2. The zero-order valence-electron chi connectivity index (χ0n) is 13.8. The lowest BCUT2D eigenvalue weighted by Gasteiger charge is -2.20. The molecule has 1 aliphatic rings. The van der Waals surface area contributed by atoms with E-state index in [2.05, 4.69) is 10.6 Å². The third-order valence-electron chi connectivity index (χ3n) is 3.32. The monoisotopic (exact) mass is 398 g/mol. The van der Waals surface area contributed by atoms with Crippen molar-refractivity contribution >= 4 is 47.2 Å². The van der Waals surface area contributed by atoms with Crippen LogP contribution in [0.4, 0.5) is 4.79 Å². The number of nitrogens with one attached hydrogen (secondary N) is 2. The van der Waals surface area contributed by atoms with E-state index in [0.717, 1.165) is 6.08 Å². The Hall–Kier alpha value is -2.51. The molecule has 138 valence electrons. The smallest absolute Gasteiger partial charge is 0.337 e. The number of amides is 2. The Labute approximate surface area is 159 Å². The maximum atomic E-state index is 11.9. The van der Waals surface area contributed by atoms with Crippen molar-refractivity contribution in [1.82, 2.24) is 10.6 Å². The number of urea groups is 1. The lowest BCUT2D eigenvalue weighted by atomic mass is 10.1. The number of carbonyl (C=O) groups excluding carboxylic acids is 3. The molecule has 1 aromatic rings. The lowest BCUT2D eigenvalue weighted by molar-refractivity contribution is -0.140. The van der Waals surface area contributed by atoms with Gasteiger partial charge in [0.25, 0.3) is 0 Å². The van der Waals surface area contributed by atoms with Gasteiger partial charge in [-0.1, -0.05) is 29.3 Å². The maximum Gasteiger partial charge on any atom is 0.337 e. The molecule has 0 saturated heterocycles. The normalized spacial score (nSPS) is 14.0. The first-order valence-electron chi connectivity index (χ1n) is 7.65. The van der Waals surface area contributed by atoms with Gasteiger partial charge in [0.1, 0.15) is 6.61 Å². The van der Waals surface area contributed by atoms with Gasteiger partial charge in [-0.15, -0.1) is 0 Å². The van der Waals surface area contributed by atoms with E-state index in [0.29, 0.717) is 15.6 Å². The van der Waals surface area contributed by atoms with Crippen molar-refractivity contribution in [2.45, 2.75) is 6.92 Å². The van der Waals surface area contributed by atoms with E-state index in [1.165, 1.54) is 6.08 Å². The van der Waals surface area contributed by atoms with E-state index in [1.54, 1.807) is 25.1 Å². The lowest BCUT2D eigenvalue weighted by Crippen LogP contribution is -2.45. The average molecular weight is 399 g/mol. The molecule has 26 heavy (non-hydrogen) atoms. The first-order chi connectivity index (χ1) is 12.4. The van der Waals surface area contributed by atoms with Gasteiger partial charge >= 0.3 is 18.0 Å². The second-order valence-corrected chi connectivity index (χ2v) is 5.88. The van der Waals surface area contributed by atoms with Gasteiger partial charge in [-0.25, -0.2) is 14.4 Å². The molecular weight excluding hydrogens is 383 g/mol. The summed E-state index contributed by atoms with van der Waals surface area (Å²) in [4.78, 5) is 35.2. The first-order valence-corrected chi connectivity index (χ1v) is 8.40. The van der Waals surface area contributed by atoms with Crippen molar-refractivity contribution < 1.29 is 23.9 Å². The van der Waals surface area contributed by atoms with E-state index in [9.17, 15) is 14.4 Å². The second kappa shape index (κ2) is 9.26. The Balaban J connectivity index is 2.05. The minimum atomic E-state index is -0.690. The predicted octanol–water partition coefficient (Wildman–Crippen LogP) is 2.68. The molecule has 1 aromatic carbocycles. The van der Waals surface area contributed by atoms with Crippen LogP contribution >= 0.6 is 23.2 Å². The molecule has 0 atom stereocenters. The van der Waals surface area contributed by atoms with Gasteiger partial charge in [0, 0.05) is 21.7 Å². The standard InChI is InChI=1S/C17H16Cl2N2O5/c1-2-25-16(23)11-8-20-17(24)21-14(11)9-26-15(22)7-6-10-12(18)4-3-5-13(10)19/h3-7H,2,8-9H2,1H3,(H2,20,21,24)/b7-6+. The molecule has 7 nitrogen and oxygen atoms in total. The Bertz CT molecular complexity index is 769. The van der Waals surface area contributed by atoms with Gasteiger partial charge < -0.3 is 20.1 Å². The van der Waals surface area contributed by atoms with Crippen molar-refractivity contribution in [3.05, 3.63) is 51.2 Å². The number of hydrogen-bond donors (Lipinski definition) is 2. The average Bonchev–Trinajstić information content (AvgIpc) is 2.59. The fourth-order valence-corrected chi connectivity index (χ4v) is 2.60. The molecule has 0 saturated carbocycles. The van der Waals surface area contributed by atoms with Crippen LogP contribution in [0.25, 0.3) is 6.08 Å². The van der Waals surface area contributed by atoms with E-state index in [1.807, 2.05) is 0 Å². The summed E-state index contributed by atoms with van der Waals surface area (Å²) in [5, 5.41) is 5.67. The van der Waals surface area contributed by atoms with Gasteiger partial charge in [-0.2, -0.15) is 0 Å². The molecule has 0 fully saturated rings. The number of esters is 2. The summed E-state index contributed by atoms with van der Waals surface area (Å²) in [6, 6.07) is 4.46. The van der Waals surface area contributed by atoms with Gasteiger partial charge in [0.15, 0.2) is 0 Å². The van der Waals surface area contributed by atoms with Gasteiger partial charge in [0.2, 0.25) is 0 Å². The molecule has 2 N–H and O–H groups in total. The minimum absolute atomic E-state index is 0.0113. The first kappa shape index (κ1) is 19.8. The molecule has 2 amide bonds. The molecule has 1 aliphatic heterocycles. The topological polar surface area (TPSA) is 93.7 Å². The molecule has 0 aromatic heterocycles. The summed E-state index contributed by atoms with van der Waals surface area (Å²) in [7, 11) is 0. The fraction of sp³-hybridized carbons (Fsp3) is 0.235. The number of rotatable bonds is 6. The second-order valence-electron chi connectivity index (χ2n) is 5.06. The maximum absolute atomic E-state index is 11.9. The van der Waals surface area contributed by atoms with Gasteiger partial charge in [0.05, 0.1) is 24.4 Å². The quantitative estimate of drug-likeness (QED) is 0.567. The highest BCUT2D eigenvalue weighted by atomic mass is 35.5. The molecule has 2 rings (SSSR count). The molecule has 0 spiro atoms. The molecule has 9 heteroatoms. The van der Waals surface area contributed by atoms with Crippen molar-refractivity contribution in [2.75, 3.05) is 19.8 Å². The molecular formula is C17H16Cl2N2O5. The largest absolute Gasteiger partial charge is 0.463 e. The molecule has 0 bridgehead atoms. The van der Waals surface area contributed by atoms with Crippen LogP contribution in [0.15, 0.2) is 35.5 Å². The predicted molar refractivity (Wildman–Crippen MR) is 96.6 cm³/mol. The number of carbonyl (C=O) groups is 3. The third kappa shape index (κ3) is 5.24. The Morgan fingerprint density at radius 1 is 1.23 bits per heavy atom. The zero-order valence-corrected chi connectivity index (χ0v) is 15.3. The number of benzene rings is 1. The zero-order chi connectivity index (χ0) is 19.1. The Morgan fingerprint density at radius 2 is 1.92 bits per heavy atom. The van der Waals surface area contributed by atoms with Crippen LogP contribution in [-0.4, -0.2) is 37.7 Å². The van der Waals surface area contributed by atoms with Crippen molar-refractivity contribution in [3.8, 4) is 0 Å². The highest BCUT2D eigenvalue weighted by Crippen LogP contribution is 2.25. The Kier molecular flexibility index (Phi) is 7.06. The molecule has 0 aliphatic carbocycles.